The third kappa shape index (κ3) is 21.6. The number of aromatic nitrogens is 3. The summed E-state index contributed by atoms with van der Waals surface area (Å²) in [6, 6.07) is 42.3. The normalized spacial score (nSPS) is 12.1. The van der Waals surface area contributed by atoms with Crippen LogP contribution in [0.4, 0.5) is 34.5 Å². The minimum Gasteiger partial charge on any atom is -0.409 e. The molecule has 23 nitrogen and oxygen atoms in total. The van der Waals surface area contributed by atoms with Crippen LogP contribution in [0, 0.1) is 5.41 Å². The van der Waals surface area contributed by atoms with Crippen molar-refractivity contribution in [2.45, 2.75) is 22.3 Å². The lowest BCUT2D eigenvalue weighted by atomic mass is 10.1. The summed E-state index contributed by atoms with van der Waals surface area (Å²) in [7, 11) is 1.97. The Bertz CT molecular complexity index is 4480. The summed E-state index contributed by atoms with van der Waals surface area (Å²) in [6.45, 7) is 4.14. The molecule has 0 aliphatic carbocycles. The Labute approximate surface area is 618 Å². The molecular weight excluding hydrogens is 1520 g/mol. The maximum atomic E-state index is 12.9. The number of halogens is 7. The summed E-state index contributed by atoms with van der Waals surface area (Å²) in [4.78, 5) is 97.6. The van der Waals surface area contributed by atoms with Gasteiger partial charge in [0, 0.05) is 92.6 Å². The predicted octanol–water partition coefficient (Wildman–Crippen LogP) is 15.9. The number of likely N-dealkylation sites (N-methyl/N-ethyl adjacent to an activating group) is 1. The Morgan fingerprint density at radius 1 is 0.500 bits per heavy atom. The van der Waals surface area contributed by atoms with Crippen LogP contribution >= 0.6 is 89.9 Å². The highest BCUT2D eigenvalue weighted by Crippen LogP contribution is 2.32. The zero-order valence-corrected chi connectivity index (χ0v) is 57.6. The van der Waals surface area contributed by atoms with E-state index in [-0.39, 0.29) is 72.3 Å². The van der Waals surface area contributed by atoms with Gasteiger partial charge >= 0.3 is 0 Å². The van der Waals surface area contributed by atoms with Gasteiger partial charge in [0.2, 0.25) is 0 Å². The second-order valence-electron chi connectivity index (χ2n) is 20.8. The number of nitrogens with two attached hydrogens (primary N) is 1. The second-order valence-corrected chi connectivity index (χ2v) is 24.8. The molecule has 5 heterocycles. The fraction of sp³-hybridized carbons (Fsp3) is 0.143. The number of amidine groups is 3. The summed E-state index contributed by atoms with van der Waals surface area (Å²) in [5.41, 5.74) is 10.2. The number of aliphatic imine (C=N–C) groups is 1. The van der Waals surface area contributed by atoms with Crippen LogP contribution in [0.1, 0.15) is 101 Å². The molecule has 0 atom stereocenters. The molecule has 9 aromatic rings. The van der Waals surface area contributed by atoms with Gasteiger partial charge in [0.1, 0.15) is 29.1 Å². The van der Waals surface area contributed by atoms with Gasteiger partial charge in [-0.3, -0.25) is 39.2 Å². The number of ether oxygens (including phenoxy) is 1. The fourth-order valence-electron chi connectivity index (χ4n) is 9.20. The number of pyridine rings is 3. The van der Waals surface area contributed by atoms with Crippen molar-refractivity contribution in [2.24, 2.45) is 15.9 Å². The van der Waals surface area contributed by atoms with Gasteiger partial charge in [-0.05, 0) is 121 Å². The number of nitrogens with one attached hydrogen (secondary N) is 7. The molecule has 100 heavy (non-hydrogen) atoms. The van der Waals surface area contributed by atoms with Crippen molar-refractivity contribution in [3.63, 3.8) is 0 Å². The van der Waals surface area contributed by atoms with Crippen LogP contribution in [0.3, 0.4) is 0 Å². The van der Waals surface area contributed by atoms with E-state index in [9.17, 15) is 28.8 Å². The standard InChI is InChI=1S/C24H21BrClN5O3.C23H18Cl3N5O2.C20H15BrClN5O3.3CH4/c25-17-5-7-20(19(13-17)24(33)30-21-8-6-18(26)14-28-21)29-23(32)16-3-1-15(2-4-16)22(27)31-9-11-34-12-10-31;1-31-9-8-27-21(31)13-2-4-14(5-3-13)22(32)30-20-17(10-16(25)11-18(20)26)23(33)29-19-7-6-15(24)12-28-19;21-13-5-7-16(15(9-13)20(29)26-17-8-6-14(22)10-24-17)25-19(28)12-3-1-11(2-4-12)18(23)27-30;;;/h1-8,13-14,27H,9-12H2,(H,29,32)(H,28,30,33);2-7,10-12H,8-9H2,1H3,(H,30,32)(H,28,29,33);1-10,30H,(H2,23,27)(H,25,28)(H,24,26,29);3*1H4. The van der Waals surface area contributed by atoms with Crippen molar-refractivity contribution in [3.05, 3.63) is 260 Å². The summed E-state index contributed by atoms with van der Waals surface area (Å²) >= 11 is 36.6. The van der Waals surface area contributed by atoms with Gasteiger partial charge in [0.15, 0.2) is 5.84 Å². The van der Waals surface area contributed by atoms with E-state index in [4.69, 9.17) is 79.1 Å². The molecule has 6 aromatic carbocycles. The molecule has 3 aromatic heterocycles. The van der Waals surface area contributed by atoms with Crippen LogP contribution in [-0.2, 0) is 4.74 Å². The molecule has 6 amide bonds. The summed E-state index contributed by atoms with van der Waals surface area (Å²) in [5, 5.41) is 38.0. The predicted molar refractivity (Wildman–Crippen MR) is 405 cm³/mol. The molecule has 0 radical (unpaired) electrons. The quantitative estimate of drug-likeness (QED) is 0.0199. The van der Waals surface area contributed by atoms with Crippen molar-refractivity contribution in [2.75, 3.05) is 78.3 Å². The van der Waals surface area contributed by atoms with Gasteiger partial charge in [0.25, 0.3) is 35.4 Å². The summed E-state index contributed by atoms with van der Waals surface area (Å²) in [5.74, 6) is -0.483. The van der Waals surface area contributed by atoms with Crippen molar-refractivity contribution >= 4 is 177 Å². The zero-order valence-electron chi connectivity index (χ0n) is 50.6. The Hall–Kier alpha value is -9.83. The number of carbonyl (C=O) groups excluding carboxylic acids is 6. The lowest BCUT2D eigenvalue weighted by Gasteiger charge is -2.29. The highest BCUT2D eigenvalue weighted by atomic mass is 79.9. The van der Waals surface area contributed by atoms with Gasteiger partial charge in [-0.25, -0.2) is 15.0 Å². The Morgan fingerprint density at radius 2 is 0.910 bits per heavy atom. The number of amides is 6. The molecule has 2 aliphatic heterocycles. The number of benzene rings is 6. The van der Waals surface area contributed by atoms with E-state index in [1.165, 1.54) is 42.9 Å². The van der Waals surface area contributed by atoms with Gasteiger partial charge < -0.3 is 57.4 Å². The summed E-state index contributed by atoms with van der Waals surface area (Å²) < 4.78 is 6.68. The van der Waals surface area contributed by atoms with Crippen LogP contribution in [0.5, 0.6) is 0 Å². The first-order valence-corrected chi connectivity index (χ1v) is 32.3. The monoisotopic (exact) mass is 1580 g/mol. The highest BCUT2D eigenvalue weighted by Gasteiger charge is 2.23. The molecule has 11 rings (SSSR count). The topological polar surface area (TPSA) is 324 Å². The van der Waals surface area contributed by atoms with E-state index >= 15 is 0 Å². The van der Waals surface area contributed by atoms with E-state index < -0.39 is 29.5 Å². The number of anilines is 6. The molecule has 0 saturated carbocycles. The molecule has 10 N–H and O–H groups in total. The van der Waals surface area contributed by atoms with E-state index in [1.807, 2.05) is 24.1 Å². The number of carbonyl (C=O) groups is 6. The number of morpholine rings is 1. The molecule has 2 aliphatic rings. The smallest absolute Gasteiger partial charge is 0.259 e. The van der Waals surface area contributed by atoms with Crippen LogP contribution in [0.15, 0.2) is 195 Å². The number of nitrogens with zero attached hydrogens (tertiary/aromatic N) is 7. The highest BCUT2D eigenvalue weighted by molar-refractivity contribution is 9.10. The molecule has 1 fully saturated rings. The van der Waals surface area contributed by atoms with Crippen molar-refractivity contribution in [1.82, 2.24) is 24.8 Å². The van der Waals surface area contributed by atoms with Gasteiger partial charge in [-0.1, -0.05) is 154 Å². The molecule has 30 heteroatoms. The molecule has 1 saturated heterocycles. The van der Waals surface area contributed by atoms with Crippen LogP contribution in [-0.4, -0.2) is 129 Å². The van der Waals surface area contributed by atoms with Crippen LogP contribution in [0.25, 0.3) is 0 Å². The minimum absolute atomic E-state index is 0. The Balaban J connectivity index is 0.000000233. The first kappa shape index (κ1) is 79.2. The summed E-state index contributed by atoms with van der Waals surface area (Å²) in [6.07, 6.45) is 4.26. The molecule has 0 unspecified atom stereocenters. The SMILES string of the molecule is C.C.C.CN1CCN=C1c1ccc(C(=O)Nc2c(Cl)cc(Cl)cc2C(=O)Nc2ccc(Cl)cn2)cc1.N=C(c1ccc(C(=O)Nc2ccc(Br)cc2C(=O)Nc2ccc(Cl)cn2)cc1)N1CCOCC1.NC(=NO)c1ccc(C(=O)Nc2ccc(Br)cc2C(=O)Nc2ccc(Cl)cn2)cc1. The van der Waals surface area contributed by atoms with Crippen molar-refractivity contribution < 1.29 is 38.7 Å². The van der Waals surface area contributed by atoms with E-state index in [2.05, 4.69) is 93.8 Å². The Kier molecular flexibility index (Phi) is 29.6. The maximum absolute atomic E-state index is 12.9. The van der Waals surface area contributed by atoms with Crippen LogP contribution < -0.4 is 37.6 Å². The van der Waals surface area contributed by atoms with Crippen LogP contribution in [0.2, 0.25) is 25.1 Å². The number of oxime groups is 1. The molecular formula is C70H66Br2Cl5N15O8. The third-order valence-corrected chi connectivity index (χ3v) is 16.3. The zero-order chi connectivity index (χ0) is 69.3. The van der Waals surface area contributed by atoms with E-state index in [1.54, 1.807) is 121 Å². The maximum Gasteiger partial charge on any atom is 0.259 e. The van der Waals surface area contributed by atoms with Crippen molar-refractivity contribution in [1.29, 1.82) is 5.41 Å². The van der Waals surface area contributed by atoms with Crippen molar-refractivity contribution in [3.8, 4) is 0 Å². The average molecular weight is 1580 g/mol. The molecule has 518 valence electrons. The lowest BCUT2D eigenvalue weighted by molar-refractivity contribution is 0.0680. The number of hydrogen-bond donors (Lipinski definition) is 9. The fourth-order valence-corrected chi connectivity index (χ4v) is 10.8. The number of hydrogen-bond acceptors (Lipinski definition) is 15. The molecule has 0 bridgehead atoms. The Morgan fingerprint density at radius 3 is 1.32 bits per heavy atom. The van der Waals surface area contributed by atoms with Gasteiger partial charge in [-0.15, -0.1) is 0 Å². The third-order valence-electron chi connectivity index (χ3n) is 14.2. The van der Waals surface area contributed by atoms with Gasteiger partial charge in [0.05, 0.1) is 73.6 Å². The number of rotatable bonds is 15. The van der Waals surface area contributed by atoms with Gasteiger partial charge in [-0.2, -0.15) is 0 Å². The second kappa shape index (κ2) is 37.4. The first-order valence-electron chi connectivity index (χ1n) is 28.9. The van der Waals surface area contributed by atoms with E-state index in [0.29, 0.717) is 101 Å². The average Bonchev–Trinajstić information content (AvgIpc) is 0.878. The minimum atomic E-state index is -0.540. The lowest BCUT2D eigenvalue weighted by Crippen LogP contribution is -2.40. The molecule has 0 spiro atoms. The van der Waals surface area contributed by atoms with E-state index in [0.717, 1.165) is 30.1 Å². The largest absolute Gasteiger partial charge is 0.409 e. The first-order chi connectivity index (χ1) is 46.6.